The molecule has 1 aliphatic heterocycles. The second-order valence-electron chi connectivity index (χ2n) is 5.01. The lowest BCUT2D eigenvalue weighted by molar-refractivity contribution is -0.153. The van der Waals surface area contributed by atoms with Gasteiger partial charge in [0.05, 0.1) is 29.2 Å². The van der Waals surface area contributed by atoms with Gasteiger partial charge in [-0.1, -0.05) is 19.1 Å². The van der Waals surface area contributed by atoms with Gasteiger partial charge in [-0.25, -0.2) is 0 Å². The van der Waals surface area contributed by atoms with Crippen LogP contribution in [-0.2, 0) is 9.53 Å². The molecule has 5 nitrogen and oxygen atoms in total. The molecule has 0 saturated carbocycles. The number of amides is 1. The topological polar surface area (TPSA) is 75.8 Å². The Morgan fingerprint density at radius 2 is 2.22 bits per heavy atom. The normalized spacial score (nSPS) is 27.7. The van der Waals surface area contributed by atoms with Gasteiger partial charge in [-0.2, -0.15) is 0 Å². The van der Waals surface area contributed by atoms with Crippen molar-refractivity contribution in [1.82, 2.24) is 4.90 Å². The van der Waals surface area contributed by atoms with Gasteiger partial charge in [0, 0.05) is 13.1 Å². The first-order valence-corrected chi connectivity index (χ1v) is 6.61. The van der Waals surface area contributed by atoms with Crippen molar-refractivity contribution in [3.8, 4) is 0 Å². The van der Waals surface area contributed by atoms with Crippen LogP contribution < -0.4 is 5.73 Å². The maximum absolute atomic E-state index is 12.5. The van der Waals surface area contributed by atoms with E-state index in [9.17, 15) is 4.79 Å². The van der Waals surface area contributed by atoms with Crippen LogP contribution in [0.3, 0.4) is 0 Å². The number of carbonyl (C=O) groups is 1. The molecule has 1 rings (SSSR count). The Morgan fingerprint density at radius 3 is 2.67 bits per heavy atom. The lowest BCUT2D eigenvalue weighted by Crippen LogP contribution is -2.56. The van der Waals surface area contributed by atoms with E-state index in [0.29, 0.717) is 19.5 Å². The van der Waals surface area contributed by atoms with Gasteiger partial charge in [-0.3, -0.25) is 4.79 Å². The third kappa shape index (κ3) is 2.99. The minimum atomic E-state index is -0.813. The number of aliphatic hydroxyl groups is 1. The van der Waals surface area contributed by atoms with Crippen molar-refractivity contribution in [3.63, 3.8) is 0 Å². The zero-order valence-electron chi connectivity index (χ0n) is 11.2. The Labute approximate surface area is 113 Å². The van der Waals surface area contributed by atoms with Gasteiger partial charge in [0.15, 0.2) is 0 Å². The zero-order valence-corrected chi connectivity index (χ0v) is 12.0. The number of thiocarbonyl (C=S) groups is 1. The molecule has 1 aliphatic rings. The minimum absolute atomic E-state index is 0.0777. The molecule has 1 heterocycles. The number of aliphatic hydroxyl groups excluding tert-OH is 1. The van der Waals surface area contributed by atoms with Crippen molar-refractivity contribution in [2.45, 2.75) is 39.4 Å². The number of nitrogens with two attached hydrogens (primary N) is 1. The van der Waals surface area contributed by atoms with Crippen LogP contribution in [0, 0.1) is 5.41 Å². The first-order chi connectivity index (χ1) is 8.35. The van der Waals surface area contributed by atoms with E-state index in [2.05, 4.69) is 0 Å². The van der Waals surface area contributed by atoms with Crippen molar-refractivity contribution in [1.29, 1.82) is 0 Å². The molecule has 1 amide bonds. The number of carbonyl (C=O) groups excluding carboxylic acids is 1. The summed E-state index contributed by atoms with van der Waals surface area (Å²) in [5, 5.41) is 9.16. The third-order valence-electron chi connectivity index (χ3n) is 3.54. The molecule has 0 aliphatic carbocycles. The summed E-state index contributed by atoms with van der Waals surface area (Å²) in [6.45, 7) is 6.35. The third-order valence-corrected chi connectivity index (χ3v) is 3.99. The van der Waals surface area contributed by atoms with Crippen LogP contribution in [0.15, 0.2) is 0 Å². The highest BCUT2D eigenvalue weighted by Crippen LogP contribution is 2.26. The summed E-state index contributed by atoms with van der Waals surface area (Å²) in [5.74, 6) is -0.0777. The fourth-order valence-corrected chi connectivity index (χ4v) is 2.32. The number of morpholine rings is 1. The van der Waals surface area contributed by atoms with Gasteiger partial charge in [0.2, 0.25) is 5.91 Å². The average molecular weight is 274 g/mol. The van der Waals surface area contributed by atoms with Crippen molar-refractivity contribution in [3.05, 3.63) is 0 Å². The van der Waals surface area contributed by atoms with Gasteiger partial charge < -0.3 is 20.5 Å². The molecule has 3 atom stereocenters. The van der Waals surface area contributed by atoms with Gasteiger partial charge in [-0.15, -0.1) is 0 Å². The molecule has 0 aromatic heterocycles. The molecule has 3 unspecified atom stereocenters. The predicted molar refractivity (Wildman–Crippen MR) is 73.2 cm³/mol. The molecule has 0 aromatic carbocycles. The molecule has 0 spiro atoms. The van der Waals surface area contributed by atoms with Crippen LogP contribution in [0.2, 0.25) is 0 Å². The highest BCUT2D eigenvalue weighted by Gasteiger charge is 2.40. The van der Waals surface area contributed by atoms with Crippen LogP contribution in [0.5, 0.6) is 0 Å². The van der Waals surface area contributed by atoms with Crippen LogP contribution in [0.25, 0.3) is 0 Å². The maximum Gasteiger partial charge on any atom is 0.235 e. The van der Waals surface area contributed by atoms with E-state index in [4.69, 9.17) is 27.8 Å². The largest absolute Gasteiger partial charge is 0.394 e. The Morgan fingerprint density at radius 1 is 1.61 bits per heavy atom. The van der Waals surface area contributed by atoms with E-state index >= 15 is 0 Å². The number of nitrogens with zero attached hydrogens (tertiary/aromatic N) is 1. The Kier molecular flexibility index (Phi) is 5.07. The summed E-state index contributed by atoms with van der Waals surface area (Å²) in [7, 11) is 0. The maximum atomic E-state index is 12.5. The monoisotopic (exact) mass is 274 g/mol. The van der Waals surface area contributed by atoms with E-state index in [0.717, 1.165) is 0 Å². The number of hydrogen-bond donors (Lipinski definition) is 2. The van der Waals surface area contributed by atoms with E-state index < -0.39 is 5.41 Å². The van der Waals surface area contributed by atoms with Gasteiger partial charge in [0.1, 0.15) is 0 Å². The highest BCUT2D eigenvalue weighted by atomic mass is 32.1. The van der Waals surface area contributed by atoms with Crippen LogP contribution in [0.4, 0.5) is 0 Å². The smallest absolute Gasteiger partial charge is 0.235 e. The van der Waals surface area contributed by atoms with E-state index in [1.54, 1.807) is 11.8 Å². The lowest BCUT2D eigenvalue weighted by atomic mass is 9.85. The zero-order chi connectivity index (χ0) is 13.9. The molecule has 104 valence electrons. The lowest BCUT2D eigenvalue weighted by Gasteiger charge is -2.40. The standard InChI is InChI=1S/C12H22N2O3S/c1-4-12(3,10(13)18)11(16)14-5-8(2)17-9(6-14)7-15/h8-9,15H,4-7H2,1-3H3,(H2,13,18). The van der Waals surface area contributed by atoms with Crippen molar-refractivity contribution in [2.75, 3.05) is 19.7 Å². The second kappa shape index (κ2) is 5.95. The molecular formula is C12H22N2O3S. The summed E-state index contributed by atoms with van der Waals surface area (Å²) in [4.78, 5) is 14.4. The summed E-state index contributed by atoms with van der Waals surface area (Å²) in [6, 6.07) is 0. The molecule has 0 bridgehead atoms. The molecule has 0 aromatic rings. The summed E-state index contributed by atoms with van der Waals surface area (Å²) in [5.41, 5.74) is 4.88. The average Bonchev–Trinajstić information content (AvgIpc) is 2.35. The first kappa shape index (κ1) is 15.3. The summed E-state index contributed by atoms with van der Waals surface area (Å²) >= 11 is 5.01. The van der Waals surface area contributed by atoms with Crippen molar-refractivity contribution >= 4 is 23.1 Å². The summed E-state index contributed by atoms with van der Waals surface area (Å²) < 4.78 is 5.51. The van der Waals surface area contributed by atoms with Crippen LogP contribution >= 0.6 is 12.2 Å². The quantitative estimate of drug-likeness (QED) is 0.721. The fraction of sp³-hybridized carbons (Fsp3) is 0.833. The molecular weight excluding hydrogens is 252 g/mol. The SMILES string of the molecule is CCC(C)(C(=O)N1CC(C)OC(CO)C1)C(N)=S. The summed E-state index contributed by atoms with van der Waals surface area (Å²) in [6.07, 6.45) is 0.147. The molecule has 18 heavy (non-hydrogen) atoms. The van der Waals surface area contributed by atoms with Crippen LogP contribution in [-0.4, -0.2) is 52.8 Å². The first-order valence-electron chi connectivity index (χ1n) is 6.20. The van der Waals surface area contributed by atoms with Crippen molar-refractivity contribution < 1.29 is 14.6 Å². The number of hydrogen-bond acceptors (Lipinski definition) is 4. The van der Waals surface area contributed by atoms with Crippen LogP contribution in [0.1, 0.15) is 27.2 Å². The Balaban J connectivity index is 2.85. The van der Waals surface area contributed by atoms with Gasteiger partial charge in [-0.05, 0) is 20.3 Å². The number of rotatable bonds is 4. The van der Waals surface area contributed by atoms with Gasteiger partial charge in [0.25, 0.3) is 0 Å². The van der Waals surface area contributed by atoms with Gasteiger partial charge >= 0.3 is 0 Å². The fourth-order valence-electron chi connectivity index (χ4n) is 2.09. The predicted octanol–water partition coefficient (Wildman–Crippen LogP) is 0.297. The number of ether oxygens (including phenoxy) is 1. The second-order valence-corrected chi connectivity index (χ2v) is 5.45. The minimum Gasteiger partial charge on any atom is -0.394 e. The van der Waals surface area contributed by atoms with E-state index in [1.807, 2.05) is 13.8 Å². The Hall–Kier alpha value is -0.720. The Bertz CT molecular complexity index is 337. The molecule has 6 heteroatoms. The highest BCUT2D eigenvalue weighted by molar-refractivity contribution is 7.80. The van der Waals surface area contributed by atoms with E-state index in [-0.39, 0.29) is 29.7 Å². The molecule has 1 saturated heterocycles. The molecule has 0 radical (unpaired) electrons. The molecule has 3 N–H and O–H groups in total. The van der Waals surface area contributed by atoms with E-state index in [1.165, 1.54) is 0 Å². The molecule has 1 fully saturated rings. The van der Waals surface area contributed by atoms with Crippen molar-refractivity contribution in [2.24, 2.45) is 11.1 Å².